The third-order valence-electron chi connectivity index (χ3n) is 7.08. The number of ether oxygens (including phenoxy) is 1. The molecule has 5 rings (SSSR count). The molecule has 0 spiro atoms. The molecule has 1 fully saturated rings. The van der Waals surface area contributed by atoms with E-state index in [1.165, 1.54) is 27.3 Å². The molecular weight excluding hydrogens is 560 g/mol. The van der Waals surface area contributed by atoms with Crippen molar-refractivity contribution in [3.05, 3.63) is 93.4 Å². The molecule has 41 heavy (non-hydrogen) atoms. The van der Waals surface area contributed by atoms with Crippen LogP contribution in [0.2, 0.25) is 0 Å². The molecule has 0 N–H and O–H groups in total. The molecule has 2 aromatic carbocycles. The number of amides is 2. The third kappa shape index (κ3) is 6.83. The van der Waals surface area contributed by atoms with Gasteiger partial charge in [-0.05, 0) is 41.8 Å². The molecule has 0 aliphatic carbocycles. The van der Waals surface area contributed by atoms with E-state index in [-0.39, 0.29) is 18.7 Å². The van der Waals surface area contributed by atoms with Crippen LogP contribution in [0.25, 0.3) is 0 Å². The summed E-state index contributed by atoms with van der Waals surface area (Å²) >= 11 is 1.45. The largest absolute Gasteiger partial charge is 0.416 e. The fourth-order valence-corrected chi connectivity index (χ4v) is 5.67. The lowest BCUT2D eigenvalue weighted by Crippen LogP contribution is -2.46. The lowest BCUT2D eigenvalue weighted by Gasteiger charge is -2.31. The number of carbonyl (C=O) groups is 2. The van der Waals surface area contributed by atoms with Crippen molar-refractivity contribution in [3.63, 3.8) is 0 Å². The summed E-state index contributed by atoms with van der Waals surface area (Å²) in [6.07, 6.45) is -4.23. The number of nitrogens with zero attached hydrogens (tertiary/aromatic N) is 4. The zero-order valence-corrected chi connectivity index (χ0v) is 22.8. The van der Waals surface area contributed by atoms with Crippen LogP contribution in [0.4, 0.5) is 17.6 Å². The Morgan fingerprint density at radius 1 is 1.02 bits per heavy atom. The number of hydrazone groups is 1. The summed E-state index contributed by atoms with van der Waals surface area (Å²) < 4.78 is 59.2. The van der Waals surface area contributed by atoms with Crippen LogP contribution < -0.4 is 0 Å². The minimum absolute atomic E-state index is 0.0413. The van der Waals surface area contributed by atoms with Gasteiger partial charge in [-0.3, -0.25) is 14.5 Å². The fraction of sp³-hybridized carbons (Fsp3) is 0.345. The van der Waals surface area contributed by atoms with Gasteiger partial charge in [-0.15, -0.1) is 11.3 Å². The van der Waals surface area contributed by atoms with Gasteiger partial charge in [0.2, 0.25) is 0 Å². The minimum atomic E-state index is -4.53. The maximum Gasteiger partial charge on any atom is 0.416 e. The van der Waals surface area contributed by atoms with E-state index in [0.717, 1.165) is 29.1 Å². The average Bonchev–Trinajstić information content (AvgIpc) is 3.66. The second-order valence-corrected chi connectivity index (χ2v) is 10.7. The number of thiophene rings is 1. The zero-order valence-electron chi connectivity index (χ0n) is 22.0. The molecular formula is C29H28F4N4O3S. The Balaban J connectivity index is 1.40. The number of alkyl halides is 3. The van der Waals surface area contributed by atoms with Crippen molar-refractivity contribution >= 4 is 28.9 Å². The van der Waals surface area contributed by atoms with Crippen LogP contribution in [0.1, 0.15) is 38.8 Å². The highest BCUT2D eigenvalue weighted by atomic mass is 32.1. The minimum Gasteiger partial charge on any atom is -0.379 e. The second kappa shape index (κ2) is 12.5. The van der Waals surface area contributed by atoms with Crippen molar-refractivity contribution in [2.45, 2.75) is 18.6 Å². The highest BCUT2D eigenvalue weighted by Crippen LogP contribution is 2.36. The number of carbonyl (C=O) groups excluding carboxylic acids is 2. The van der Waals surface area contributed by atoms with E-state index in [0.29, 0.717) is 50.5 Å². The van der Waals surface area contributed by atoms with E-state index in [1.54, 1.807) is 18.2 Å². The van der Waals surface area contributed by atoms with Crippen molar-refractivity contribution in [2.24, 2.45) is 5.10 Å². The maximum atomic E-state index is 14.6. The van der Waals surface area contributed by atoms with Gasteiger partial charge in [-0.2, -0.15) is 18.3 Å². The van der Waals surface area contributed by atoms with Crippen LogP contribution in [0.15, 0.2) is 71.1 Å². The number of halogens is 4. The summed E-state index contributed by atoms with van der Waals surface area (Å²) in [7, 11) is 0. The Hall–Kier alpha value is -3.61. The van der Waals surface area contributed by atoms with Crippen molar-refractivity contribution in [1.82, 2.24) is 14.8 Å². The fourth-order valence-electron chi connectivity index (χ4n) is 4.86. The molecule has 0 bridgehead atoms. The molecule has 2 amide bonds. The molecule has 1 saturated heterocycles. The van der Waals surface area contributed by atoms with E-state index in [1.807, 2.05) is 17.5 Å². The number of morpholine rings is 1. The van der Waals surface area contributed by atoms with Crippen LogP contribution in [0, 0.1) is 5.82 Å². The predicted molar refractivity (Wildman–Crippen MR) is 146 cm³/mol. The maximum absolute atomic E-state index is 14.6. The Morgan fingerprint density at radius 3 is 2.41 bits per heavy atom. The Morgan fingerprint density at radius 2 is 1.76 bits per heavy atom. The van der Waals surface area contributed by atoms with E-state index >= 15 is 0 Å². The molecule has 3 aromatic rings. The van der Waals surface area contributed by atoms with Crippen LogP contribution >= 0.6 is 11.3 Å². The molecule has 216 valence electrons. The number of rotatable bonds is 8. The van der Waals surface area contributed by atoms with Gasteiger partial charge in [-0.1, -0.05) is 24.3 Å². The van der Waals surface area contributed by atoms with Gasteiger partial charge >= 0.3 is 6.18 Å². The van der Waals surface area contributed by atoms with Gasteiger partial charge in [0.25, 0.3) is 11.8 Å². The van der Waals surface area contributed by atoms with Crippen LogP contribution in [0.5, 0.6) is 0 Å². The summed E-state index contributed by atoms with van der Waals surface area (Å²) in [6.45, 7) is 2.72. The van der Waals surface area contributed by atoms with Crippen LogP contribution in [0.3, 0.4) is 0 Å². The monoisotopic (exact) mass is 588 g/mol. The molecule has 7 nitrogen and oxygen atoms in total. The summed E-state index contributed by atoms with van der Waals surface area (Å²) in [5.41, 5.74) is -0.103. The lowest BCUT2D eigenvalue weighted by molar-refractivity contribution is -0.137. The second-order valence-electron chi connectivity index (χ2n) is 9.76. The summed E-state index contributed by atoms with van der Waals surface area (Å²) in [5.74, 6) is -1.49. The molecule has 0 saturated carbocycles. The lowest BCUT2D eigenvalue weighted by atomic mass is 10.0. The zero-order chi connectivity index (χ0) is 29.0. The Bertz CT molecular complexity index is 1390. The molecule has 1 atom stereocenters. The van der Waals surface area contributed by atoms with Gasteiger partial charge in [0.1, 0.15) is 12.4 Å². The summed E-state index contributed by atoms with van der Waals surface area (Å²) in [4.78, 5) is 31.6. The Labute approximate surface area is 238 Å². The van der Waals surface area contributed by atoms with Gasteiger partial charge in [0.15, 0.2) is 0 Å². The van der Waals surface area contributed by atoms with Crippen LogP contribution in [-0.4, -0.2) is 78.3 Å². The normalized spacial score (nSPS) is 17.9. The standard InChI is InChI=1S/C29H28F4N4O3S/c30-23-5-2-1-4-22(23)24-18-25(26-6-3-17-41-26)37(34-24)27(38)19-36(12-11-35-13-15-40-16-14-35)28(39)20-7-9-21(10-8-20)29(31,32)33/h1-10,17,25H,11-16,18-19H2/t25-/m1/s1. The van der Waals surface area contributed by atoms with E-state index < -0.39 is 35.4 Å². The van der Waals surface area contributed by atoms with E-state index in [2.05, 4.69) is 10.0 Å². The summed E-state index contributed by atoms with van der Waals surface area (Å²) in [6, 6.07) is 13.4. The van der Waals surface area contributed by atoms with E-state index in [9.17, 15) is 27.2 Å². The SMILES string of the molecule is O=C(c1ccc(C(F)(F)F)cc1)N(CCN1CCOCC1)CC(=O)N1N=C(c2ccccc2F)C[C@@H]1c1cccs1. The van der Waals surface area contributed by atoms with Crippen molar-refractivity contribution in [2.75, 3.05) is 45.9 Å². The van der Waals surface area contributed by atoms with Gasteiger partial charge in [0, 0.05) is 48.6 Å². The highest BCUT2D eigenvalue weighted by Gasteiger charge is 2.36. The van der Waals surface area contributed by atoms with E-state index in [4.69, 9.17) is 4.74 Å². The number of benzene rings is 2. The number of hydrogen-bond acceptors (Lipinski definition) is 6. The third-order valence-corrected chi connectivity index (χ3v) is 8.06. The first-order valence-corrected chi connectivity index (χ1v) is 14.0. The summed E-state index contributed by atoms with van der Waals surface area (Å²) in [5, 5.41) is 7.69. The molecule has 0 unspecified atom stereocenters. The molecule has 3 heterocycles. The predicted octanol–water partition coefficient (Wildman–Crippen LogP) is 5.06. The van der Waals surface area contributed by atoms with Gasteiger partial charge < -0.3 is 9.64 Å². The van der Waals surface area contributed by atoms with Crippen molar-refractivity contribution in [3.8, 4) is 0 Å². The highest BCUT2D eigenvalue weighted by molar-refractivity contribution is 7.10. The van der Waals surface area contributed by atoms with Crippen molar-refractivity contribution < 1.29 is 31.9 Å². The molecule has 2 aliphatic rings. The molecule has 12 heteroatoms. The van der Waals surface area contributed by atoms with Crippen molar-refractivity contribution in [1.29, 1.82) is 0 Å². The van der Waals surface area contributed by atoms with Gasteiger partial charge in [-0.25, -0.2) is 9.40 Å². The first kappa shape index (κ1) is 28.9. The number of hydrogen-bond donors (Lipinski definition) is 0. The molecule has 1 aromatic heterocycles. The Kier molecular flexibility index (Phi) is 8.81. The first-order chi connectivity index (χ1) is 19.7. The smallest absolute Gasteiger partial charge is 0.379 e. The van der Waals surface area contributed by atoms with Gasteiger partial charge in [0.05, 0.1) is 30.5 Å². The topological polar surface area (TPSA) is 65.5 Å². The van der Waals surface area contributed by atoms with Crippen LogP contribution in [-0.2, 0) is 15.7 Å². The average molecular weight is 589 g/mol. The quantitative estimate of drug-likeness (QED) is 0.346. The first-order valence-electron chi connectivity index (χ1n) is 13.1. The molecule has 0 radical (unpaired) electrons. The molecule has 2 aliphatic heterocycles.